The van der Waals surface area contributed by atoms with Crippen LogP contribution in [-0.4, -0.2) is 42.3 Å². The number of esters is 2. The predicted molar refractivity (Wildman–Crippen MR) is 101 cm³/mol. The molecule has 0 aliphatic carbocycles. The number of amides is 2. The monoisotopic (exact) mass is 423 g/mol. The highest BCUT2D eigenvalue weighted by atomic mass is 35.5. The Labute approximate surface area is 169 Å². The van der Waals surface area contributed by atoms with E-state index in [0.29, 0.717) is 16.1 Å². The number of aromatic nitrogens is 1. The number of rotatable bonds is 7. The molecule has 2 amide bonds. The molecule has 10 nitrogen and oxygen atoms in total. The van der Waals surface area contributed by atoms with Crippen molar-refractivity contribution in [2.45, 2.75) is 19.9 Å². The van der Waals surface area contributed by atoms with Gasteiger partial charge in [0.05, 0.1) is 36.4 Å². The van der Waals surface area contributed by atoms with Crippen LogP contribution >= 0.6 is 11.6 Å². The Hall–Kier alpha value is -3.27. The number of hydrogen-bond donors (Lipinski definition) is 2. The highest BCUT2D eigenvalue weighted by Gasteiger charge is 2.24. The van der Waals surface area contributed by atoms with Gasteiger partial charge in [0.15, 0.2) is 5.58 Å². The molecule has 0 radical (unpaired) electrons. The van der Waals surface area contributed by atoms with Gasteiger partial charge < -0.3 is 24.5 Å². The number of oxazole rings is 1. The molecule has 0 bridgehead atoms. The summed E-state index contributed by atoms with van der Waals surface area (Å²) in [5.74, 6) is -1.85. The van der Waals surface area contributed by atoms with Crippen LogP contribution in [0.3, 0.4) is 0 Å². The molecular formula is C18H18ClN3O7. The Morgan fingerprint density at radius 1 is 1.28 bits per heavy atom. The van der Waals surface area contributed by atoms with E-state index in [4.69, 9.17) is 25.5 Å². The summed E-state index contributed by atoms with van der Waals surface area (Å²) in [4.78, 5) is 47.5. The molecule has 2 aromatic rings. The second-order valence-electron chi connectivity index (χ2n) is 6.03. The Morgan fingerprint density at radius 2 is 2.07 bits per heavy atom. The zero-order chi connectivity index (χ0) is 21.0. The molecule has 2 heterocycles. The number of carbonyl (C=O) groups is 3. The third kappa shape index (κ3) is 4.77. The van der Waals surface area contributed by atoms with Crippen molar-refractivity contribution in [3.8, 4) is 0 Å². The molecule has 0 saturated heterocycles. The first-order chi connectivity index (χ1) is 13.9. The summed E-state index contributed by atoms with van der Waals surface area (Å²) in [7, 11) is 0. The van der Waals surface area contributed by atoms with Gasteiger partial charge in [0.2, 0.25) is 0 Å². The van der Waals surface area contributed by atoms with Crippen LogP contribution in [0, 0.1) is 0 Å². The van der Waals surface area contributed by atoms with Crippen molar-refractivity contribution < 1.29 is 28.3 Å². The lowest BCUT2D eigenvalue weighted by Crippen LogP contribution is -2.45. The molecule has 1 aromatic carbocycles. The molecule has 0 unspecified atom stereocenters. The van der Waals surface area contributed by atoms with E-state index < -0.39 is 23.7 Å². The van der Waals surface area contributed by atoms with Crippen molar-refractivity contribution in [1.29, 1.82) is 0 Å². The van der Waals surface area contributed by atoms with Crippen molar-refractivity contribution in [3.63, 3.8) is 0 Å². The highest BCUT2D eigenvalue weighted by molar-refractivity contribution is 6.31. The molecule has 1 aliphatic heterocycles. The molecule has 0 atom stereocenters. The summed E-state index contributed by atoms with van der Waals surface area (Å²) in [6.45, 7) is 1.52. The molecule has 1 aliphatic rings. The van der Waals surface area contributed by atoms with Crippen molar-refractivity contribution >= 4 is 40.7 Å². The van der Waals surface area contributed by atoms with Gasteiger partial charge in [0.1, 0.15) is 6.61 Å². The summed E-state index contributed by atoms with van der Waals surface area (Å²) in [6.07, 6.45) is -0.120. The Balaban J connectivity index is 1.63. The van der Waals surface area contributed by atoms with Crippen LogP contribution in [0.4, 0.5) is 4.79 Å². The summed E-state index contributed by atoms with van der Waals surface area (Å²) >= 11 is 5.87. The first-order valence-corrected chi connectivity index (χ1v) is 9.15. The second kappa shape index (κ2) is 8.82. The lowest BCUT2D eigenvalue weighted by molar-refractivity contribution is -0.143. The number of benzene rings is 1. The lowest BCUT2D eigenvalue weighted by Gasteiger charge is -2.21. The van der Waals surface area contributed by atoms with Crippen LogP contribution in [0.25, 0.3) is 11.1 Å². The molecule has 0 spiro atoms. The van der Waals surface area contributed by atoms with Gasteiger partial charge in [-0.05, 0) is 19.1 Å². The number of aryl methyl sites for hydroxylation is 1. The highest BCUT2D eigenvalue weighted by Crippen LogP contribution is 2.18. The number of nitrogens with one attached hydrogen (secondary N) is 2. The van der Waals surface area contributed by atoms with Crippen LogP contribution in [0.2, 0.25) is 5.02 Å². The third-order valence-electron chi connectivity index (χ3n) is 4.12. The number of nitrogens with zero attached hydrogens (tertiary/aromatic N) is 1. The van der Waals surface area contributed by atoms with E-state index in [9.17, 15) is 19.2 Å². The zero-order valence-electron chi connectivity index (χ0n) is 15.5. The maximum absolute atomic E-state index is 12.1. The average Bonchev–Trinajstić information content (AvgIpc) is 2.98. The molecule has 1 aromatic heterocycles. The van der Waals surface area contributed by atoms with Crippen molar-refractivity contribution in [1.82, 2.24) is 15.2 Å². The summed E-state index contributed by atoms with van der Waals surface area (Å²) in [6, 6.07) is 4.22. The number of halogens is 1. The predicted octanol–water partition coefficient (Wildman–Crippen LogP) is 1.31. The van der Waals surface area contributed by atoms with Crippen LogP contribution in [0.5, 0.6) is 0 Å². The Morgan fingerprint density at radius 3 is 2.83 bits per heavy atom. The quantitative estimate of drug-likeness (QED) is 0.642. The van der Waals surface area contributed by atoms with E-state index in [1.165, 1.54) is 10.6 Å². The van der Waals surface area contributed by atoms with E-state index >= 15 is 0 Å². The number of hydrogen-bond acceptors (Lipinski definition) is 7. The van der Waals surface area contributed by atoms with Gasteiger partial charge >= 0.3 is 23.7 Å². The average molecular weight is 424 g/mol. The minimum absolute atomic E-state index is 0.0312. The second-order valence-corrected chi connectivity index (χ2v) is 6.46. The number of ether oxygens (including phenoxy) is 2. The van der Waals surface area contributed by atoms with E-state index in [0.717, 1.165) is 0 Å². The molecule has 154 valence electrons. The fourth-order valence-electron chi connectivity index (χ4n) is 2.75. The number of fused-ring (bicyclic) bond motifs is 1. The van der Waals surface area contributed by atoms with Crippen molar-refractivity contribution in [2.75, 3.05) is 19.8 Å². The number of urea groups is 1. The van der Waals surface area contributed by atoms with Gasteiger partial charge in [-0.1, -0.05) is 11.6 Å². The van der Waals surface area contributed by atoms with Gasteiger partial charge in [-0.15, -0.1) is 0 Å². The molecular weight excluding hydrogens is 406 g/mol. The molecule has 11 heteroatoms. The van der Waals surface area contributed by atoms with E-state index in [1.807, 2.05) is 0 Å². The maximum Gasteiger partial charge on any atom is 0.419 e. The van der Waals surface area contributed by atoms with Gasteiger partial charge in [-0.2, -0.15) is 0 Å². The van der Waals surface area contributed by atoms with Gasteiger partial charge in [-0.25, -0.2) is 14.4 Å². The fourth-order valence-corrected chi connectivity index (χ4v) is 2.91. The van der Waals surface area contributed by atoms with Crippen LogP contribution in [0.1, 0.15) is 13.3 Å². The summed E-state index contributed by atoms with van der Waals surface area (Å²) in [5.41, 5.74) is 1.15. The smallest absolute Gasteiger partial charge is 0.419 e. The topological polar surface area (TPSA) is 129 Å². The number of carbonyl (C=O) groups excluding carboxylic acids is 3. The summed E-state index contributed by atoms with van der Waals surface area (Å²) in [5, 5.41) is 5.31. The normalized spacial score (nSPS) is 13.8. The van der Waals surface area contributed by atoms with Crippen LogP contribution < -0.4 is 16.4 Å². The van der Waals surface area contributed by atoms with Crippen molar-refractivity contribution in [3.05, 3.63) is 45.0 Å². The van der Waals surface area contributed by atoms with Gasteiger partial charge in [-0.3, -0.25) is 9.36 Å². The minimum atomic E-state index is -0.622. The largest absolute Gasteiger partial charge is 0.463 e. The van der Waals surface area contributed by atoms with Gasteiger partial charge in [0, 0.05) is 17.6 Å². The van der Waals surface area contributed by atoms with E-state index in [-0.39, 0.29) is 44.0 Å². The SMILES string of the molecule is CCOC(=O)C1=C(COC(=O)CCn2c(=O)oc3cc(Cl)ccc32)NC(=O)NC1. The minimum Gasteiger partial charge on any atom is -0.463 e. The van der Waals surface area contributed by atoms with E-state index in [1.54, 1.807) is 19.1 Å². The van der Waals surface area contributed by atoms with Crippen LogP contribution in [-0.2, 0) is 25.6 Å². The zero-order valence-corrected chi connectivity index (χ0v) is 16.2. The van der Waals surface area contributed by atoms with Crippen molar-refractivity contribution in [2.24, 2.45) is 0 Å². The van der Waals surface area contributed by atoms with Gasteiger partial charge in [0.25, 0.3) is 0 Å². The Bertz CT molecular complexity index is 1050. The molecule has 2 N–H and O–H groups in total. The Kier molecular flexibility index (Phi) is 6.23. The molecule has 0 saturated carbocycles. The molecule has 0 fully saturated rings. The molecule has 29 heavy (non-hydrogen) atoms. The van der Waals surface area contributed by atoms with Crippen LogP contribution in [0.15, 0.2) is 38.7 Å². The lowest BCUT2D eigenvalue weighted by atomic mass is 10.2. The van der Waals surface area contributed by atoms with E-state index in [2.05, 4.69) is 10.6 Å². The first-order valence-electron chi connectivity index (χ1n) is 8.77. The standard InChI is InChI=1S/C18H18ClN3O7/c1-2-27-16(24)11-8-20-17(25)21-12(11)9-28-15(23)5-6-22-13-4-3-10(19)7-14(13)29-18(22)26/h3-4,7H,2,5-6,8-9H2,1H3,(H2,20,21,25). The fraction of sp³-hybridized carbons (Fsp3) is 0.333. The first kappa shape index (κ1) is 20.5. The molecule has 3 rings (SSSR count). The third-order valence-corrected chi connectivity index (χ3v) is 4.36. The summed E-state index contributed by atoms with van der Waals surface area (Å²) < 4.78 is 16.5. The maximum atomic E-state index is 12.1.